The molecule has 0 bridgehead atoms. The van der Waals surface area contributed by atoms with E-state index in [1.54, 1.807) is 37.2 Å². The molecule has 0 aromatic heterocycles. The van der Waals surface area contributed by atoms with Crippen LogP contribution in [0.5, 0.6) is 0 Å². The maximum absolute atomic E-state index is 11.6. The van der Waals surface area contributed by atoms with E-state index in [4.69, 9.17) is 21.7 Å². The van der Waals surface area contributed by atoms with Gasteiger partial charge in [0.2, 0.25) is 0 Å². The Kier molecular flexibility index (Phi) is 6.78. The SMILES string of the molecule is CN(C)/C=C(/C#N)C(=O)N/C=N/OCc1ccc(Cl)cc1. The number of carbonyl (C=O) groups excluding carboxylic acids is 1. The third-order valence-corrected chi connectivity index (χ3v) is 2.47. The minimum Gasteiger partial charge on any atom is -0.390 e. The lowest BCUT2D eigenvalue weighted by Gasteiger charge is -2.05. The number of amides is 1. The van der Waals surface area contributed by atoms with E-state index in [1.807, 2.05) is 12.1 Å². The Labute approximate surface area is 128 Å². The van der Waals surface area contributed by atoms with Crippen molar-refractivity contribution >= 4 is 23.8 Å². The van der Waals surface area contributed by atoms with Gasteiger partial charge in [0.25, 0.3) is 5.91 Å². The highest BCUT2D eigenvalue weighted by molar-refractivity contribution is 6.30. The van der Waals surface area contributed by atoms with Crippen LogP contribution >= 0.6 is 11.6 Å². The first-order chi connectivity index (χ1) is 10.0. The molecule has 7 heteroatoms. The summed E-state index contributed by atoms with van der Waals surface area (Å²) in [5, 5.41) is 15.4. The fourth-order valence-corrected chi connectivity index (χ4v) is 1.41. The molecule has 0 aliphatic carbocycles. The summed E-state index contributed by atoms with van der Waals surface area (Å²) in [5.41, 5.74) is 0.872. The highest BCUT2D eigenvalue weighted by Gasteiger charge is 2.07. The van der Waals surface area contributed by atoms with Crippen LogP contribution in [0.25, 0.3) is 0 Å². The topological polar surface area (TPSA) is 77.7 Å². The number of benzene rings is 1. The lowest BCUT2D eigenvalue weighted by Crippen LogP contribution is -2.24. The van der Waals surface area contributed by atoms with Gasteiger partial charge < -0.3 is 15.1 Å². The van der Waals surface area contributed by atoms with E-state index >= 15 is 0 Å². The van der Waals surface area contributed by atoms with Crippen LogP contribution in [-0.2, 0) is 16.2 Å². The maximum Gasteiger partial charge on any atom is 0.268 e. The molecule has 0 atom stereocenters. The van der Waals surface area contributed by atoms with Crippen molar-refractivity contribution in [1.29, 1.82) is 5.26 Å². The summed E-state index contributed by atoms with van der Waals surface area (Å²) in [6.07, 6.45) is 2.51. The zero-order chi connectivity index (χ0) is 15.7. The molecule has 0 saturated heterocycles. The lowest BCUT2D eigenvalue weighted by molar-refractivity contribution is -0.115. The first kappa shape index (κ1) is 16.5. The second-order valence-corrected chi connectivity index (χ2v) is 4.66. The van der Waals surface area contributed by atoms with Gasteiger partial charge in [-0.25, -0.2) is 0 Å². The quantitative estimate of drug-likeness (QED) is 0.286. The number of carbonyl (C=O) groups is 1. The van der Waals surface area contributed by atoms with Gasteiger partial charge in [-0.05, 0) is 17.7 Å². The summed E-state index contributed by atoms with van der Waals surface area (Å²) in [6, 6.07) is 8.91. The third-order valence-electron chi connectivity index (χ3n) is 2.22. The molecule has 0 fully saturated rings. The number of hydrogen-bond acceptors (Lipinski definition) is 5. The fourth-order valence-electron chi connectivity index (χ4n) is 1.29. The molecule has 0 aliphatic heterocycles. The molecule has 1 aromatic rings. The molecule has 6 nitrogen and oxygen atoms in total. The molecular formula is C14H15ClN4O2. The Balaban J connectivity index is 2.39. The van der Waals surface area contributed by atoms with E-state index < -0.39 is 5.91 Å². The van der Waals surface area contributed by atoms with Gasteiger partial charge in [-0.3, -0.25) is 4.79 Å². The van der Waals surface area contributed by atoms with Gasteiger partial charge in [-0.1, -0.05) is 28.9 Å². The van der Waals surface area contributed by atoms with Crippen LogP contribution in [0.1, 0.15) is 5.56 Å². The molecule has 0 radical (unpaired) electrons. The Morgan fingerprint density at radius 3 is 2.71 bits per heavy atom. The number of halogens is 1. The zero-order valence-corrected chi connectivity index (χ0v) is 12.5. The van der Waals surface area contributed by atoms with Crippen LogP contribution in [0, 0.1) is 11.3 Å². The van der Waals surface area contributed by atoms with Crippen molar-refractivity contribution in [2.24, 2.45) is 5.16 Å². The van der Waals surface area contributed by atoms with Gasteiger partial charge >= 0.3 is 0 Å². The first-order valence-corrected chi connectivity index (χ1v) is 6.38. The molecular weight excluding hydrogens is 292 g/mol. The van der Waals surface area contributed by atoms with Crippen molar-refractivity contribution < 1.29 is 9.63 Å². The van der Waals surface area contributed by atoms with Crippen molar-refractivity contribution in [3.8, 4) is 6.07 Å². The molecule has 0 saturated carbocycles. The van der Waals surface area contributed by atoms with Crippen molar-refractivity contribution in [1.82, 2.24) is 10.2 Å². The molecule has 1 N–H and O–H groups in total. The van der Waals surface area contributed by atoms with Gasteiger partial charge in [0.05, 0.1) is 0 Å². The van der Waals surface area contributed by atoms with E-state index in [9.17, 15) is 4.79 Å². The molecule has 110 valence electrons. The van der Waals surface area contributed by atoms with Gasteiger partial charge in [0.1, 0.15) is 24.6 Å². The smallest absolute Gasteiger partial charge is 0.268 e. The summed E-state index contributed by atoms with van der Waals surface area (Å²) in [5.74, 6) is -0.551. The zero-order valence-electron chi connectivity index (χ0n) is 11.7. The highest BCUT2D eigenvalue weighted by Crippen LogP contribution is 2.10. The number of nitriles is 1. The van der Waals surface area contributed by atoms with E-state index in [0.717, 1.165) is 11.9 Å². The molecule has 1 aromatic carbocycles. The Bertz CT molecular complexity index is 574. The van der Waals surface area contributed by atoms with Crippen LogP contribution in [0.4, 0.5) is 0 Å². The van der Waals surface area contributed by atoms with Crippen LogP contribution in [0.3, 0.4) is 0 Å². The van der Waals surface area contributed by atoms with Crippen molar-refractivity contribution in [2.75, 3.05) is 14.1 Å². The predicted molar refractivity (Wildman–Crippen MR) is 80.3 cm³/mol. The van der Waals surface area contributed by atoms with Crippen LogP contribution in [0.2, 0.25) is 5.02 Å². The first-order valence-electron chi connectivity index (χ1n) is 6.00. The molecule has 1 amide bonds. The Morgan fingerprint density at radius 2 is 2.14 bits per heavy atom. The monoisotopic (exact) mass is 306 g/mol. The molecule has 0 spiro atoms. The van der Waals surface area contributed by atoms with E-state index in [1.165, 1.54) is 6.20 Å². The lowest BCUT2D eigenvalue weighted by atomic mass is 10.2. The average molecular weight is 307 g/mol. The van der Waals surface area contributed by atoms with Crippen LogP contribution in [-0.4, -0.2) is 31.2 Å². The molecule has 0 heterocycles. The van der Waals surface area contributed by atoms with Crippen molar-refractivity contribution in [3.63, 3.8) is 0 Å². The average Bonchev–Trinajstić information content (AvgIpc) is 2.46. The Morgan fingerprint density at radius 1 is 1.48 bits per heavy atom. The second-order valence-electron chi connectivity index (χ2n) is 4.23. The molecule has 0 unspecified atom stereocenters. The van der Waals surface area contributed by atoms with Gasteiger partial charge in [0.15, 0.2) is 0 Å². The van der Waals surface area contributed by atoms with Gasteiger partial charge in [-0.15, -0.1) is 0 Å². The number of hydrogen-bond donors (Lipinski definition) is 1. The number of nitrogens with one attached hydrogen (secondary N) is 1. The molecule has 1 rings (SSSR count). The van der Waals surface area contributed by atoms with E-state index in [0.29, 0.717) is 5.02 Å². The number of nitrogens with zero attached hydrogens (tertiary/aromatic N) is 3. The summed E-state index contributed by atoms with van der Waals surface area (Å²) < 4.78 is 0. The van der Waals surface area contributed by atoms with Gasteiger partial charge in [-0.2, -0.15) is 5.26 Å². The van der Waals surface area contributed by atoms with E-state index in [2.05, 4.69) is 10.5 Å². The van der Waals surface area contributed by atoms with Crippen molar-refractivity contribution in [3.05, 3.63) is 46.6 Å². The normalized spacial score (nSPS) is 11.0. The largest absolute Gasteiger partial charge is 0.390 e. The third kappa shape index (κ3) is 6.45. The van der Waals surface area contributed by atoms with E-state index in [-0.39, 0.29) is 12.2 Å². The van der Waals surface area contributed by atoms with Crippen molar-refractivity contribution in [2.45, 2.75) is 6.61 Å². The maximum atomic E-state index is 11.6. The van der Waals surface area contributed by atoms with Gasteiger partial charge in [0, 0.05) is 25.3 Å². The standard InChI is InChI=1S/C14H15ClN4O2/c1-19(2)8-12(7-16)14(20)17-10-18-21-9-11-3-5-13(15)6-4-11/h3-6,8,10H,9H2,1-2H3,(H,17,18,20)/b12-8-. The summed E-state index contributed by atoms with van der Waals surface area (Å²) >= 11 is 5.76. The highest BCUT2D eigenvalue weighted by atomic mass is 35.5. The minimum atomic E-state index is -0.551. The minimum absolute atomic E-state index is 0.0239. The van der Waals surface area contributed by atoms with Crippen LogP contribution < -0.4 is 5.32 Å². The molecule has 21 heavy (non-hydrogen) atoms. The summed E-state index contributed by atoms with van der Waals surface area (Å²) in [4.78, 5) is 18.2. The van der Waals surface area contributed by atoms with Crippen LogP contribution in [0.15, 0.2) is 41.2 Å². The Hall–Kier alpha value is -2.52. The summed E-state index contributed by atoms with van der Waals surface area (Å²) in [7, 11) is 3.43. The number of oxime groups is 1. The summed E-state index contributed by atoms with van der Waals surface area (Å²) in [6.45, 7) is 0.252. The second kappa shape index (κ2) is 8.61. The number of rotatable bonds is 6. The fraction of sp³-hybridized carbons (Fsp3) is 0.214. The predicted octanol–water partition coefficient (Wildman–Crippen LogP) is 1.89. The molecule has 0 aliphatic rings.